The maximum Gasteiger partial charge on any atom is 0.136 e. The van der Waals surface area contributed by atoms with Crippen molar-refractivity contribution in [3.63, 3.8) is 0 Å². The molecule has 0 spiro atoms. The zero-order chi connectivity index (χ0) is 13.9. The zero-order valence-electron chi connectivity index (χ0n) is 12.0. The van der Waals surface area contributed by atoms with Crippen LogP contribution in [0.5, 0.6) is 0 Å². The number of rotatable bonds is 5. The largest absolute Gasteiger partial charge is 0.370 e. The van der Waals surface area contributed by atoms with Gasteiger partial charge in [0.15, 0.2) is 0 Å². The quantitative estimate of drug-likeness (QED) is 0.865. The first-order valence-corrected chi connectivity index (χ1v) is 7.21. The van der Waals surface area contributed by atoms with Gasteiger partial charge in [0.2, 0.25) is 0 Å². The fraction of sp³-hybridized carbons (Fsp3) is 0.375. The molecule has 1 fully saturated rings. The molecule has 2 N–H and O–H groups in total. The monoisotopic (exact) mass is 268 g/mol. The number of anilines is 3. The lowest BCUT2D eigenvalue weighted by Crippen LogP contribution is -2.05. The van der Waals surface area contributed by atoms with E-state index in [4.69, 9.17) is 0 Å². The first-order valence-electron chi connectivity index (χ1n) is 7.21. The molecule has 1 aliphatic rings. The molecule has 3 rings (SSSR count). The van der Waals surface area contributed by atoms with Crippen LogP contribution in [0.3, 0.4) is 0 Å². The highest BCUT2D eigenvalue weighted by Gasteiger charge is 2.27. The third kappa shape index (κ3) is 3.07. The van der Waals surface area contributed by atoms with Crippen LogP contribution in [0.2, 0.25) is 0 Å². The van der Waals surface area contributed by atoms with Crippen LogP contribution in [-0.2, 0) is 0 Å². The fourth-order valence-corrected chi connectivity index (χ4v) is 2.20. The van der Waals surface area contributed by atoms with Crippen molar-refractivity contribution >= 4 is 17.3 Å². The van der Waals surface area contributed by atoms with Crippen LogP contribution in [0.4, 0.5) is 17.3 Å². The summed E-state index contributed by atoms with van der Waals surface area (Å²) in [5.74, 6) is 3.27. The van der Waals surface area contributed by atoms with Gasteiger partial charge in [-0.05, 0) is 44.4 Å². The van der Waals surface area contributed by atoms with Gasteiger partial charge in [0.05, 0.1) is 0 Å². The smallest absolute Gasteiger partial charge is 0.136 e. The van der Waals surface area contributed by atoms with Crippen molar-refractivity contribution in [2.45, 2.75) is 32.6 Å². The van der Waals surface area contributed by atoms with Gasteiger partial charge >= 0.3 is 0 Å². The molecule has 2 aromatic rings. The highest BCUT2D eigenvalue weighted by Crippen LogP contribution is 2.39. The minimum atomic E-state index is 0.548. The van der Waals surface area contributed by atoms with Crippen molar-refractivity contribution in [2.24, 2.45) is 0 Å². The van der Waals surface area contributed by atoms with Gasteiger partial charge in [-0.25, -0.2) is 9.97 Å². The van der Waals surface area contributed by atoms with E-state index in [9.17, 15) is 0 Å². The molecular formula is C16H20N4. The van der Waals surface area contributed by atoms with E-state index >= 15 is 0 Å². The lowest BCUT2D eigenvalue weighted by Gasteiger charge is -2.10. The van der Waals surface area contributed by atoms with Gasteiger partial charge in [-0.15, -0.1) is 0 Å². The second kappa shape index (κ2) is 5.49. The fourth-order valence-electron chi connectivity index (χ4n) is 2.20. The molecule has 4 heteroatoms. The molecule has 20 heavy (non-hydrogen) atoms. The first-order chi connectivity index (χ1) is 9.74. The van der Waals surface area contributed by atoms with E-state index in [1.165, 1.54) is 18.4 Å². The minimum Gasteiger partial charge on any atom is -0.370 e. The van der Waals surface area contributed by atoms with E-state index in [2.05, 4.69) is 52.6 Å². The summed E-state index contributed by atoms with van der Waals surface area (Å²) in [5, 5.41) is 6.65. The van der Waals surface area contributed by atoms with Gasteiger partial charge < -0.3 is 10.6 Å². The Morgan fingerprint density at radius 2 is 1.95 bits per heavy atom. The molecule has 0 bridgehead atoms. The van der Waals surface area contributed by atoms with E-state index in [1.807, 2.05) is 12.1 Å². The predicted octanol–water partition coefficient (Wildman–Crippen LogP) is 3.84. The highest BCUT2D eigenvalue weighted by atomic mass is 15.1. The normalized spacial score (nSPS) is 14.1. The number of hydrogen-bond acceptors (Lipinski definition) is 4. The lowest BCUT2D eigenvalue weighted by atomic mass is 10.2. The SMILES string of the molecule is CCNc1cc(Nc2cccc(C)c2)nc(C2CC2)n1. The first kappa shape index (κ1) is 12.9. The summed E-state index contributed by atoms with van der Waals surface area (Å²) in [6.45, 7) is 5.03. The molecule has 0 atom stereocenters. The number of hydrogen-bond donors (Lipinski definition) is 2. The highest BCUT2D eigenvalue weighted by molar-refractivity contribution is 5.60. The van der Waals surface area contributed by atoms with E-state index in [0.717, 1.165) is 29.7 Å². The van der Waals surface area contributed by atoms with Crippen molar-refractivity contribution in [1.29, 1.82) is 0 Å². The van der Waals surface area contributed by atoms with E-state index < -0.39 is 0 Å². The minimum absolute atomic E-state index is 0.548. The van der Waals surface area contributed by atoms with Crippen molar-refractivity contribution in [1.82, 2.24) is 9.97 Å². The Kier molecular flexibility index (Phi) is 3.54. The molecule has 0 radical (unpaired) electrons. The molecule has 4 nitrogen and oxygen atoms in total. The Balaban J connectivity index is 1.87. The summed E-state index contributed by atoms with van der Waals surface area (Å²) in [5.41, 5.74) is 2.30. The van der Waals surface area contributed by atoms with Gasteiger partial charge in [-0.2, -0.15) is 0 Å². The summed E-state index contributed by atoms with van der Waals surface area (Å²) >= 11 is 0. The lowest BCUT2D eigenvalue weighted by molar-refractivity contribution is 0.927. The summed E-state index contributed by atoms with van der Waals surface area (Å²) in [6.07, 6.45) is 2.42. The molecule has 0 unspecified atom stereocenters. The Morgan fingerprint density at radius 3 is 2.65 bits per heavy atom. The Bertz CT molecular complexity index is 605. The van der Waals surface area contributed by atoms with Gasteiger partial charge in [-0.1, -0.05) is 12.1 Å². The summed E-state index contributed by atoms with van der Waals surface area (Å²) in [6, 6.07) is 10.3. The molecular weight excluding hydrogens is 248 g/mol. The van der Waals surface area contributed by atoms with Gasteiger partial charge in [-0.3, -0.25) is 0 Å². The molecule has 0 aliphatic heterocycles. The standard InChI is InChI=1S/C16H20N4/c1-3-17-14-10-15(20-16(19-14)12-7-8-12)18-13-6-4-5-11(2)9-13/h4-6,9-10,12H,3,7-8H2,1-2H3,(H2,17,18,19,20). The zero-order valence-corrected chi connectivity index (χ0v) is 12.0. The van der Waals surface area contributed by atoms with E-state index in [0.29, 0.717) is 5.92 Å². The van der Waals surface area contributed by atoms with Crippen molar-refractivity contribution in [3.8, 4) is 0 Å². The Labute approximate surface area is 119 Å². The van der Waals surface area contributed by atoms with Gasteiger partial charge in [0.1, 0.15) is 17.5 Å². The number of nitrogens with one attached hydrogen (secondary N) is 2. The molecule has 1 saturated carbocycles. The molecule has 1 heterocycles. The average molecular weight is 268 g/mol. The van der Waals surface area contributed by atoms with Crippen LogP contribution >= 0.6 is 0 Å². The van der Waals surface area contributed by atoms with Crippen LogP contribution in [0.15, 0.2) is 30.3 Å². The summed E-state index contributed by atoms with van der Waals surface area (Å²) < 4.78 is 0. The Morgan fingerprint density at radius 1 is 1.15 bits per heavy atom. The van der Waals surface area contributed by atoms with Crippen LogP contribution < -0.4 is 10.6 Å². The molecule has 1 aromatic carbocycles. The van der Waals surface area contributed by atoms with Crippen LogP contribution in [-0.4, -0.2) is 16.5 Å². The van der Waals surface area contributed by atoms with Crippen molar-refractivity contribution in [2.75, 3.05) is 17.2 Å². The number of benzene rings is 1. The molecule has 1 aromatic heterocycles. The number of aromatic nitrogens is 2. The van der Waals surface area contributed by atoms with Crippen LogP contribution in [0, 0.1) is 6.92 Å². The number of aryl methyl sites for hydroxylation is 1. The average Bonchev–Trinajstić information content (AvgIpc) is 3.23. The maximum atomic E-state index is 4.64. The summed E-state index contributed by atoms with van der Waals surface area (Å²) in [4.78, 5) is 9.22. The van der Waals surface area contributed by atoms with Gasteiger partial charge in [0, 0.05) is 24.2 Å². The summed E-state index contributed by atoms with van der Waals surface area (Å²) in [7, 11) is 0. The Hall–Kier alpha value is -2.10. The van der Waals surface area contributed by atoms with Gasteiger partial charge in [0.25, 0.3) is 0 Å². The second-order valence-electron chi connectivity index (χ2n) is 5.30. The molecule has 1 aliphatic carbocycles. The second-order valence-corrected chi connectivity index (χ2v) is 5.30. The van der Waals surface area contributed by atoms with Crippen molar-refractivity contribution < 1.29 is 0 Å². The van der Waals surface area contributed by atoms with E-state index in [-0.39, 0.29) is 0 Å². The predicted molar refractivity (Wildman–Crippen MR) is 82.6 cm³/mol. The third-order valence-corrected chi connectivity index (χ3v) is 3.33. The van der Waals surface area contributed by atoms with Crippen LogP contribution in [0.1, 0.15) is 37.1 Å². The van der Waals surface area contributed by atoms with Crippen LogP contribution in [0.25, 0.3) is 0 Å². The molecule has 0 saturated heterocycles. The number of nitrogens with zero attached hydrogens (tertiary/aromatic N) is 2. The van der Waals surface area contributed by atoms with Crippen molar-refractivity contribution in [3.05, 3.63) is 41.7 Å². The third-order valence-electron chi connectivity index (χ3n) is 3.33. The molecule has 0 amide bonds. The molecule has 104 valence electrons. The maximum absolute atomic E-state index is 4.64. The van der Waals surface area contributed by atoms with E-state index in [1.54, 1.807) is 0 Å². The topological polar surface area (TPSA) is 49.8 Å².